The van der Waals surface area contributed by atoms with Gasteiger partial charge in [-0.15, -0.1) is 5.10 Å². The number of ether oxygens (including phenoxy) is 1. The van der Waals surface area contributed by atoms with Crippen LogP contribution >= 0.6 is 23.5 Å². The Morgan fingerprint density at radius 1 is 1.10 bits per heavy atom. The predicted molar refractivity (Wildman–Crippen MR) is 114 cm³/mol. The van der Waals surface area contributed by atoms with E-state index in [1.807, 2.05) is 24.3 Å². The largest absolute Gasteiger partial charge is 0.497 e. The third-order valence-corrected chi connectivity index (χ3v) is 5.46. The van der Waals surface area contributed by atoms with Crippen molar-refractivity contribution in [2.75, 3.05) is 18.2 Å². The summed E-state index contributed by atoms with van der Waals surface area (Å²) in [5.41, 5.74) is 5.68. The third-order valence-electron chi connectivity index (χ3n) is 3.69. The number of methoxy groups -OCH3 is 1. The zero-order valence-corrected chi connectivity index (χ0v) is 17.6. The van der Waals surface area contributed by atoms with E-state index in [1.165, 1.54) is 30.4 Å². The quantitative estimate of drug-likeness (QED) is 0.377. The van der Waals surface area contributed by atoms with Crippen LogP contribution in [0.15, 0.2) is 69.2 Å². The monoisotopic (exact) mass is 453 g/mol. The van der Waals surface area contributed by atoms with Gasteiger partial charge in [-0.3, -0.25) is 9.78 Å². The first kappa shape index (κ1) is 20.6. The normalized spacial score (nSPS) is 10.6. The molecule has 0 atom stereocenters. The van der Waals surface area contributed by atoms with Gasteiger partial charge < -0.3 is 15.8 Å². The van der Waals surface area contributed by atoms with Crippen LogP contribution in [0, 0.1) is 0 Å². The molecule has 0 aliphatic carbocycles. The van der Waals surface area contributed by atoms with Gasteiger partial charge >= 0.3 is 0 Å². The van der Waals surface area contributed by atoms with E-state index in [2.05, 4.69) is 40.4 Å². The van der Waals surface area contributed by atoms with Gasteiger partial charge in [0.25, 0.3) is 5.91 Å². The zero-order valence-electron chi connectivity index (χ0n) is 16.0. The number of hydrogen-bond acceptors (Lipinski definition) is 11. The molecule has 1 amide bonds. The van der Waals surface area contributed by atoms with Crippen LogP contribution in [0.25, 0.3) is 0 Å². The SMILES string of the molecule is COc1ccc(Sc2ncc(Sc3n[nH]c(N)n3)nc2C(=O)Nc2cnccn2)cc1. The van der Waals surface area contributed by atoms with Crippen LogP contribution in [0.1, 0.15) is 10.5 Å². The number of rotatable bonds is 7. The Morgan fingerprint density at radius 3 is 2.61 bits per heavy atom. The first-order valence-electron chi connectivity index (χ1n) is 8.73. The number of H-pyrrole nitrogens is 1. The molecule has 0 fully saturated rings. The average molecular weight is 454 g/mol. The first-order chi connectivity index (χ1) is 15.1. The van der Waals surface area contributed by atoms with Crippen LogP contribution in [0.3, 0.4) is 0 Å². The van der Waals surface area contributed by atoms with Crippen molar-refractivity contribution in [2.45, 2.75) is 20.1 Å². The lowest BCUT2D eigenvalue weighted by Gasteiger charge is -2.09. The zero-order chi connectivity index (χ0) is 21.6. The number of nitrogens with two attached hydrogens (primary N) is 1. The number of anilines is 2. The molecule has 0 radical (unpaired) electrons. The lowest BCUT2D eigenvalue weighted by molar-refractivity contribution is 0.101. The van der Waals surface area contributed by atoms with Gasteiger partial charge in [-0.1, -0.05) is 11.8 Å². The molecule has 3 heterocycles. The highest BCUT2D eigenvalue weighted by atomic mass is 32.2. The summed E-state index contributed by atoms with van der Waals surface area (Å²) in [5.74, 6) is 0.742. The summed E-state index contributed by atoms with van der Waals surface area (Å²) >= 11 is 2.42. The maximum absolute atomic E-state index is 13.0. The summed E-state index contributed by atoms with van der Waals surface area (Å²) in [6.45, 7) is 0. The van der Waals surface area contributed by atoms with Crippen molar-refractivity contribution in [3.63, 3.8) is 0 Å². The second-order valence-corrected chi connectivity index (χ2v) is 7.84. The minimum Gasteiger partial charge on any atom is -0.497 e. The molecule has 4 rings (SSSR count). The Bertz CT molecular complexity index is 1190. The lowest BCUT2D eigenvalue weighted by Crippen LogP contribution is -2.17. The molecule has 1 aromatic carbocycles. The van der Waals surface area contributed by atoms with Gasteiger partial charge in [-0.05, 0) is 36.0 Å². The van der Waals surface area contributed by atoms with E-state index in [0.29, 0.717) is 21.0 Å². The Labute approximate surface area is 184 Å². The Hall–Kier alpha value is -3.71. The van der Waals surface area contributed by atoms with Crippen LogP contribution in [-0.2, 0) is 0 Å². The van der Waals surface area contributed by atoms with Crippen molar-refractivity contribution >= 4 is 41.2 Å². The summed E-state index contributed by atoms with van der Waals surface area (Å²) in [6.07, 6.45) is 5.98. The van der Waals surface area contributed by atoms with Gasteiger partial charge in [0.05, 0.1) is 19.5 Å². The molecule has 13 heteroatoms. The lowest BCUT2D eigenvalue weighted by atomic mass is 10.3. The number of nitrogens with zero attached hydrogens (tertiary/aromatic N) is 6. The van der Waals surface area contributed by atoms with Crippen molar-refractivity contribution in [3.8, 4) is 5.75 Å². The van der Waals surface area contributed by atoms with Crippen molar-refractivity contribution in [1.82, 2.24) is 35.1 Å². The molecule has 4 N–H and O–H groups in total. The number of aromatic amines is 1. The first-order valence-corrected chi connectivity index (χ1v) is 10.4. The van der Waals surface area contributed by atoms with Crippen LogP contribution in [-0.4, -0.2) is 48.1 Å². The van der Waals surface area contributed by atoms with E-state index in [-0.39, 0.29) is 11.6 Å². The van der Waals surface area contributed by atoms with Crippen molar-refractivity contribution in [2.24, 2.45) is 0 Å². The van der Waals surface area contributed by atoms with Crippen LogP contribution in [0.4, 0.5) is 11.8 Å². The Morgan fingerprint density at radius 2 is 1.94 bits per heavy atom. The molecule has 0 aliphatic heterocycles. The fourth-order valence-corrected chi connectivity index (χ4v) is 3.83. The summed E-state index contributed by atoms with van der Waals surface area (Å²) in [5, 5.41) is 10.4. The molecule has 3 aromatic heterocycles. The molecule has 0 spiro atoms. The molecule has 31 heavy (non-hydrogen) atoms. The number of nitrogens with one attached hydrogen (secondary N) is 2. The molecular formula is C18H15N9O2S2. The van der Waals surface area contributed by atoms with Crippen molar-refractivity contribution in [1.29, 1.82) is 0 Å². The number of nitrogen functional groups attached to an aromatic ring is 1. The summed E-state index contributed by atoms with van der Waals surface area (Å²) in [7, 11) is 1.60. The fraction of sp³-hybridized carbons (Fsp3) is 0.0556. The molecule has 0 saturated heterocycles. The van der Waals surface area contributed by atoms with Crippen LogP contribution in [0.5, 0.6) is 5.75 Å². The maximum Gasteiger partial charge on any atom is 0.278 e. The maximum atomic E-state index is 13.0. The molecular weight excluding hydrogens is 438 g/mol. The van der Waals surface area contributed by atoms with Crippen molar-refractivity contribution in [3.05, 3.63) is 54.7 Å². The molecule has 156 valence electrons. The van der Waals surface area contributed by atoms with E-state index >= 15 is 0 Å². The minimum atomic E-state index is -0.471. The molecule has 0 aliphatic rings. The van der Waals surface area contributed by atoms with E-state index in [1.54, 1.807) is 13.3 Å². The molecule has 0 bridgehead atoms. The summed E-state index contributed by atoms with van der Waals surface area (Å²) in [6, 6.07) is 7.39. The highest BCUT2D eigenvalue weighted by Gasteiger charge is 2.19. The standard InChI is InChI=1S/C18H15N9O2S2/c1-29-10-2-4-11(5-3-10)30-16-14(15(28)23-12-8-20-6-7-21-12)24-13(9-22-16)31-18-25-17(19)26-27-18/h2-9H,1H3,(H,21,23,28)(H3,19,25,26,27). The van der Waals surface area contributed by atoms with Gasteiger partial charge in [0.1, 0.15) is 15.8 Å². The predicted octanol–water partition coefficient (Wildman–Crippen LogP) is 2.53. The van der Waals surface area contributed by atoms with Crippen LogP contribution < -0.4 is 15.8 Å². The van der Waals surface area contributed by atoms with Gasteiger partial charge in [0, 0.05) is 17.3 Å². The number of carbonyl (C=O) groups excluding carboxylic acids is 1. The highest BCUT2D eigenvalue weighted by molar-refractivity contribution is 7.99. The summed E-state index contributed by atoms with van der Waals surface area (Å²) < 4.78 is 5.18. The average Bonchev–Trinajstić information content (AvgIpc) is 3.20. The molecule has 0 unspecified atom stereocenters. The molecule has 11 nitrogen and oxygen atoms in total. The summed E-state index contributed by atoms with van der Waals surface area (Å²) in [4.78, 5) is 34.8. The molecule has 0 saturated carbocycles. The fourth-order valence-electron chi connectivity index (χ4n) is 2.33. The van der Waals surface area contributed by atoms with E-state index in [4.69, 9.17) is 10.5 Å². The number of aromatic nitrogens is 7. The topological polar surface area (TPSA) is 157 Å². The molecule has 4 aromatic rings. The van der Waals surface area contributed by atoms with E-state index in [9.17, 15) is 4.79 Å². The number of amides is 1. The van der Waals surface area contributed by atoms with E-state index < -0.39 is 5.91 Å². The minimum absolute atomic E-state index is 0.125. The number of hydrogen-bond donors (Lipinski definition) is 3. The Balaban J connectivity index is 1.63. The smallest absolute Gasteiger partial charge is 0.278 e. The number of carbonyl (C=O) groups is 1. The van der Waals surface area contributed by atoms with Gasteiger partial charge in [-0.25, -0.2) is 20.1 Å². The van der Waals surface area contributed by atoms with Gasteiger partial charge in [0.2, 0.25) is 11.1 Å². The number of benzene rings is 1. The second-order valence-electron chi connectivity index (χ2n) is 5.79. The van der Waals surface area contributed by atoms with Gasteiger partial charge in [-0.2, -0.15) is 4.98 Å². The van der Waals surface area contributed by atoms with Gasteiger partial charge in [0.15, 0.2) is 11.5 Å². The van der Waals surface area contributed by atoms with Crippen molar-refractivity contribution < 1.29 is 9.53 Å². The second kappa shape index (κ2) is 9.40. The third kappa shape index (κ3) is 5.26. The highest BCUT2D eigenvalue weighted by Crippen LogP contribution is 2.32. The van der Waals surface area contributed by atoms with E-state index in [0.717, 1.165) is 22.4 Å². The Kier molecular flexibility index (Phi) is 6.24. The van der Waals surface area contributed by atoms with Crippen LogP contribution in [0.2, 0.25) is 0 Å².